The summed E-state index contributed by atoms with van der Waals surface area (Å²) in [6.07, 6.45) is 1.48. The minimum atomic E-state index is -0.498. The van der Waals surface area contributed by atoms with Crippen LogP contribution < -0.4 is 14.8 Å². The highest BCUT2D eigenvalue weighted by atomic mass is 19.1. The normalized spacial score (nSPS) is 10.8. The topological polar surface area (TPSA) is 71.3 Å². The van der Waals surface area contributed by atoms with Gasteiger partial charge in [-0.3, -0.25) is 4.79 Å². The lowest BCUT2D eigenvalue weighted by atomic mass is 10.1. The van der Waals surface area contributed by atoms with Crippen LogP contribution in [0.5, 0.6) is 11.5 Å². The SMILES string of the molecule is COc1cc(/C=C(\C#N)C(=O)Nc2ccc(C)cc2)ccc1OCc1ccc(F)cc1. The van der Waals surface area contributed by atoms with E-state index in [1.807, 2.05) is 25.1 Å². The maximum atomic E-state index is 13.0. The Morgan fingerprint density at radius 1 is 1.06 bits per heavy atom. The summed E-state index contributed by atoms with van der Waals surface area (Å²) in [6, 6.07) is 20.4. The number of anilines is 1. The van der Waals surface area contributed by atoms with Gasteiger partial charge in [-0.2, -0.15) is 5.26 Å². The van der Waals surface area contributed by atoms with Gasteiger partial charge in [0, 0.05) is 5.69 Å². The van der Waals surface area contributed by atoms with Crippen molar-refractivity contribution in [1.82, 2.24) is 0 Å². The molecule has 0 radical (unpaired) electrons. The number of carbonyl (C=O) groups is 1. The molecule has 0 saturated carbocycles. The van der Waals surface area contributed by atoms with E-state index in [0.29, 0.717) is 22.7 Å². The first-order valence-electron chi connectivity index (χ1n) is 9.53. The van der Waals surface area contributed by atoms with E-state index >= 15 is 0 Å². The lowest BCUT2D eigenvalue weighted by Crippen LogP contribution is -2.13. The molecule has 0 unspecified atom stereocenters. The Kier molecular flexibility index (Phi) is 7.02. The van der Waals surface area contributed by atoms with Crippen molar-refractivity contribution in [2.24, 2.45) is 0 Å². The summed E-state index contributed by atoms with van der Waals surface area (Å²) >= 11 is 0. The van der Waals surface area contributed by atoms with E-state index < -0.39 is 5.91 Å². The molecule has 0 aromatic heterocycles. The number of benzene rings is 3. The fraction of sp³-hybridized carbons (Fsp3) is 0.120. The lowest BCUT2D eigenvalue weighted by molar-refractivity contribution is -0.112. The Hall–Kier alpha value is -4.11. The number of amides is 1. The molecule has 0 spiro atoms. The maximum Gasteiger partial charge on any atom is 0.266 e. The van der Waals surface area contributed by atoms with Crippen molar-refractivity contribution in [3.05, 3.63) is 94.8 Å². The minimum absolute atomic E-state index is 0.0393. The third-order valence-electron chi connectivity index (χ3n) is 4.48. The molecular formula is C25H21FN2O3. The predicted octanol–water partition coefficient (Wildman–Crippen LogP) is 5.27. The molecule has 0 fully saturated rings. The molecule has 5 nitrogen and oxygen atoms in total. The molecule has 156 valence electrons. The molecule has 31 heavy (non-hydrogen) atoms. The van der Waals surface area contributed by atoms with Crippen LogP contribution in [0, 0.1) is 24.1 Å². The summed E-state index contributed by atoms with van der Waals surface area (Å²) in [5.41, 5.74) is 3.07. The van der Waals surface area contributed by atoms with Crippen molar-refractivity contribution < 1.29 is 18.7 Å². The Morgan fingerprint density at radius 3 is 2.42 bits per heavy atom. The highest BCUT2D eigenvalue weighted by molar-refractivity contribution is 6.09. The molecule has 3 aromatic carbocycles. The van der Waals surface area contributed by atoms with E-state index in [4.69, 9.17) is 9.47 Å². The van der Waals surface area contributed by atoms with Crippen molar-refractivity contribution in [2.45, 2.75) is 13.5 Å². The average molecular weight is 416 g/mol. The molecule has 0 aliphatic heterocycles. The van der Waals surface area contributed by atoms with Gasteiger partial charge in [-0.1, -0.05) is 35.9 Å². The second-order valence-corrected chi connectivity index (χ2v) is 6.82. The number of methoxy groups -OCH3 is 1. The van der Waals surface area contributed by atoms with E-state index in [0.717, 1.165) is 11.1 Å². The van der Waals surface area contributed by atoms with Gasteiger partial charge < -0.3 is 14.8 Å². The molecule has 0 bridgehead atoms. The average Bonchev–Trinajstić information content (AvgIpc) is 2.78. The van der Waals surface area contributed by atoms with Gasteiger partial charge in [0.2, 0.25) is 0 Å². The van der Waals surface area contributed by atoms with Crippen molar-refractivity contribution in [1.29, 1.82) is 5.26 Å². The Balaban J connectivity index is 1.74. The Bertz CT molecular complexity index is 1130. The highest BCUT2D eigenvalue weighted by Gasteiger charge is 2.11. The molecule has 0 heterocycles. The van der Waals surface area contributed by atoms with Crippen LogP contribution in [-0.2, 0) is 11.4 Å². The molecule has 3 rings (SSSR count). The highest BCUT2D eigenvalue weighted by Crippen LogP contribution is 2.30. The molecule has 6 heteroatoms. The quantitative estimate of drug-likeness (QED) is 0.421. The van der Waals surface area contributed by atoms with Crippen LogP contribution in [0.3, 0.4) is 0 Å². The zero-order chi connectivity index (χ0) is 22.2. The molecule has 3 aromatic rings. The van der Waals surface area contributed by atoms with Crippen molar-refractivity contribution in [2.75, 3.05) is 12.4 Å². The minimum Gasteiger partial charge on any atom is -0.493 e. The first kappa shape index (κ1) is 21.6. The Morgan fingerprint density at radius 2 is 1.77 bits per heavy atom. The lowest BCUT2D eigenvalue weighted by Gasteiger charge is -2.12. The van der Waals surface area contributed by atoms with Crippen LogP contribution in [0.2, 0.25) is 0 Å². The molecule has 0 atom stereocenters. The van der Waals surface area contributed by atoms with Gasteiger partial charge in [-0.05, 0) is 60.5 Å². The van der Waals surface area contributed by atoms with Crippen LogP contribution >= 0.6 is 0 Å². The number of nitrogens with one attached hydrogen (secondary N) is 1. The van der Waals surface area contributed by atoms with Gasteiger partial charge in [-0.15, -0.1) is 0 Å². The summed E-state index contributed by atoms with van der Waals surface area (Å²) in [7, 11) is 1.50. The monoisotopic (exact) mass is 416 g/mol. The van der Waals surface area contributed by atoms with Gasteiger partial charge in [0.25, 0.3) is 5.91 Å². The summed E-state index contributed by atoms with van der Waals surface area (Å²) in [5, 5.41) is 12.1. The molecule has 0 aliphatic rings. The fourth-order valence-electron chi connectivity index (χ4n) is 2.79. The second kappa shape index (κ2) is 10.1. The standard InChI is InChI=1S/C25H21FN2O3/c1-17-3-10-22(11-4-17)28-25(29)20(15-27)13-19-7-12-23(24(14-19)30-2)31-16-18-5-8-21(26)9-6-18/h3-14H,16H2,1-2H3,(H,28,29)/b20-13+. The molecule has 1 N–H and O–H groups in total. The summed E-state index contributed by atoms with van der Waals surface area (Å²) < 4.78 is 24.2. The van der Waals surface area contributed by atoms with E-state index in [-0.39, 0.29) is 18.0 Å². The number of halogens is 1. The molecule has 0 aliphatic carbocycles. The fourth-order valence-corrected chi connectivity index (χ4v) is 2.79. The number of ether oxygens (including phenoxy) is 2. The van der Waals surface area contributed by atoms with E-state index in [1.165, 1.54) is 25.3 Å². The maximum absolute atomic E-state index is 13.0. The number of aryl methyl sites for hydroxylation is 1. The van der Waals surface area contributed by atoms with E-state index in [9.17, 15) is 14.4 Å². The van der Waals surface area contributed by atoms with Crippen molar-refractivity contribution >= 4 is 17.7 Å². The van der Waals surface area contributed by atoms with Crippen molar-refractivity contribution in [3.8, 4) is 17.6 Å². The largest absolute Gasteiger partial charge is 0.493 e. The zero-order valence-electron chi connectivity index (χ0n) is 17.2. The predicted molar refractivity (Wildman–Crippen MR) is 117 cm³/mol. The molecule has 0 saturated heterocycles. The summed E-state index contributed by atoms with van der Waals surface area (Å²) in [6.45, 7) is 2.20. The smallest absolute Gasteiger partial charge is 0.266 e. The zero-order valence-corrected chi connectivity index (χ0v) is 17.2. The number of rotatable bonds is 7. The van der Waals surface area contributed by atoms with Gasteiger partial charge in [0.1, 0.15) is 24.1 Å². The second-order valence-electron chi connectivity index (χ2n) is 6.82. The van der Waals surface area contributed by atoms with Crippen LogP contribution in [0.15, 0.2) is 72.3 Å². The first-order valence-corrected chi connectivity index (χ1v) is 9.53. The van der Waals surface area contributed by atoms with Gasteiger partial charge >= 0.3 is 0 Å². The number of hydrogen-bond acceptors (Lipinski definition) is 4. The number of hydrogen-bond donors (Lipinski definition) is 1. The van der Waals surface area contributed by atoms with E-state index in [1.54, 1.807) is 42.5 Å². The van der Waals surface area contributed by atoms with E-state index in [2.05, 4.69) is 5.32 Å². The number of nitriles is 1. The molecule has 1 amide bonds. The van der Waals surface area contributed by atoms with Crippen LogP contribution in [0.25, 0.3) is 6.08 Å². The summed E-state index contributed by atoms with van der Waals surface area (Å²) in [4.78, 5) is 12.5. The molecular weight excluding hydrogens is 395 g/mol. The van der Waals surface area contributed by atoms with Crippen LogP contribution in [-0.4, -0.2) is 13.0 Å². The van der Waals surface area contributed by atoms with Gasteiger partial charge in [-0.25, -0.2) is 4.39 Å². The first-order chi connectivity index (χ1) is 15.0. The van der Waals surface area contributed by atoms with Gasteiger partial charge in [0.05, 0.1) is 7.11 Å². The third-order valence-corrected chi connectivity index (χ3v) is 4.48. The van der Waals surface area contributed by atoms with Crippen molar-refractivity contribution in [3.63, 3.8) is 0 Å². The van der Waals surface area contributed by atoms with Crippen LogP contribution in [0.4, 0.5) is 10.1 Å². The van der Waals surface area contributed by atoms with Crippen LogP contribution in [0.1, 0.15) is 16.7 Å². The number of carbonyl (C=O) groups excluding carboxylic acids is 1. The Labute approximate surface area is 180 Å². The van der Waals surface area contributed by atoms with Gasteiger partial charge in [0.15, 0.2) is 11.5 Å². The third kappa shape index (κ3) is 5.94. The summed E-state index contributed by atoms with van der Waals surface area (Å²) in [5.74, 6) is 0.137. The number of nitrogens with zero attached hydrogens (tertiary/aromatic N) is 1.